The van der Waals surface area contributed by atoms with Crippen molar-refractivity contribution < 1.29 is 4.52 Å². The van der Waals surface area contributed by atoms with E-state index in [4.69, 9.17) is 10.3 Å². The van der Waals surface area contributed by atoms with Gasteiger partial charge in [0.15, 0.2) is 5.82 Å². The van der Waals surface area contributed by atoms with Gasteiger partial charge in [-0.05, 0) is 5.92 Å². The average molecular weight is 197 g/mol. The molecule has 1 aromatic heterocycles. The summed E-state index contributed by atoms with van der Waals surface area (Å²) in [5, 5.41) is 3.89. The Kier molecular flexibility index (Phi) is 3.63. The van der Waals surface area contributed by atoms with Crippen molar-refractivity contribution in [2.24, 2.45) is 11.7 Å². The highest BCUT2D eigenvalue weighted by Gasteiger charge is 2.14. The lowest BCUT2D eigenvalue weighted by Gasteiger charge is -2.11. The minimum atomic E-state index is 0.0930. The minimum Gasteiger partial charge on any atom is -0.339 e. The summed E-state index contributed by atoms with van der Waals surface area (Å²) in [6.07, 6.45) is 0.664. The van der Waals surface area contributed by atoms with Crippen molar-refractivity contribution >= 4 is 0 Å². The summed E-state index contributed by atoms with van der Waals surface area (Å²) in [4.78, 5) is 4.27. The van der Waals surface area contributed by atoms with Crippen molar-refractivity contribution in [2.45, 2.75) is 46.1 Å². The predicted octanol–water partition coefficient (Wildman–Crippen LogP) is 1.72. The zero-order chi connectivity index (χ0) is 10.7. The van der Waals surface area contributed by atoms with Crippen molar-refractivity contribution in [1.82, 2.24) is 10.1 Å². The van der Waals surface area contributed by atoms with E-state index in [1.165, 1.54) is 0 Å². The standard InChI is InChI=1S/C10H19N3O/c1-6(2)8(11)5-9-12-10(7(3)4)13-14-9/h6-8H,5,11H2,1-4H3. The van der Waals surface area contributed by atoms with E-state index < -0.39 is 0 Å². The van der Waals surface area contributed by atoms with Crippen molar-refractivity contribution in [3.63, 3.8) is 0 Å². The van der Waals surface area contributed by atoms with Gasteiger partial charge in [-0.25, -0.2) is 0 Å². The second-order valence-electron chi connectivity index (χ2n) is 4.31. The van der Waals surface area contributed by atoms with Gasteiger partial charge < -0.3 is 10.3 Å². The number of aromatic nitrogens is 2. The van der Waals surface area contributed by atoms with E-state index >= 15 is 0 Å². The van der Waals surface area contributed by atoms with E-state index in [1.807, 2.05) is 13.8 Å². The van der Waals surface area contributed by atoms with Gasteiger partial charge in [0.1, 0.15) is 0 Å². The van der Waals surface area contributed by atoms with Crippen molar-refractivity contribution in [3.05, 3.63) is 11.7 Å². The first-order valence-electron chi connectivity index (χ1n) is 5.08. The zero-order valence-corrected chi connectivity index (χ0v) is 9.32. The minimum absolute atomic E-state index is 0.0930. The van der Waals surface area contributed by atoms with Gasteiger partial charge in [0.05, 0.1) is 0 Å². The molecule has 14 heavy (non-hydrogen) atoms. The molecule has 0 fully saturated rings. The van der Waals surface area contributed by atoms with E-state index in [1.54, 1.807) is 0 Å². The Morgan fingerprint density at radius 1 is 1.29 bits per heavy atom. The Labute approximate surface area is 84.9 Å². The summed E-state index contributed by atoms with van der Waals surface area (Å²) in [6, 6.07) is 0.0930. The van der Waals surface area contributed by atoms with Gasteiger partial charge in [0.2, 0.25) is 5.89 Å². The van der Waals surface area contributed by atoms with Crippen LogP contribution >= 0.6 is 0 Å². The van der Waals surface area contributed by atoms with Crippen LogP contribution in [0.2, 0.25) is 0 Å². The molecule has 0 radical (unpaired) electrons. The number of hydrogen-bond acceptors (Lipinski definition) is 4. The molecule has 1 unspecified atom stereocenters. The summed E-state index contributed by atoms with van der Waals surface area (Å²) < 4.78 is 5.11. The predicted molar refractivity (Wildman–Crippen MR) is 54.9 cm³/mol. The van der Waals surface area contributed by atoms with E-state index in [9.17, 15) is 0 Å². The van der Waals surface area contributed by atoms with Crippen LogP contribution in [0.4, 0.5) is 0 Å². The monoisotopic (exact) mass is 197 g/mol. The topological polar surface area (TPSA) is 64.9 Å². The highest BCUT2D eigenvalue weighted by atomic mass is 16.5. The first-order valence-corrected chi connectivity index (χ1v) is 5.08. The third kappa shape index (κ3) is 2.80. The third-order valence-corrected chi connectivity index (χ3v) is 2.27. The number of hydrogen-bond donors (Lipinski definition) is 1. The molecule has 4 heteroatoms. The van der Waals surface area contributed by atoms with Crippen molar-refractivity contribution in [1.29, 1.82) is 0 Å². The number of nitrogens with two attached hydrogens (primary N) is 1. The highest BCUT2D eigenvalue weighted by molar-refractivity contribution is 4.93. The zero-order valence-electron chi connectivity index (χ0n) is 9.32. The second kappa shape index (κ2) is 4.55. The van der Waals surface area contributed by atoms with Crippen LogP contribution in [0.5, 0.6) is 0 Å². The van der Waals surface area contributed by atoms with Crippen LogP contribution in [0.15, 0.2) is 4.52 Å². The maximum absolute atomic E-state index is 5.91. The molecule has 4 nitrogen and oxygen atoms in total. The average Bonchev–Trinajstić information content (AvgIpc) is 2.52. The number of nitrogens with zero attached hydrogens (tertiary/aromatic N) is 2. The normalized spacial score (nSPS) is 13.9. The SMILES string of the molecule is CC(C)c1noc(CC(N)C(C)C)n1. The molecule has 1 atom stereocenters. The molecule has 1 aromatic rings. The fourth-order valence-corrected chi connectivity index (χ4v) is 1.02. The summed E-state index contributed by atoms with van der Waals surface area (Å²) in [5.74, 6) is 2.15. The largest absolute Gasteiger partial charge is 0.339 e. The van der Waals surface area contributed by atoms with Gasteiger partial charge in [-0.3, -0.25) is 0 Å². The molecule has 0 saturated carbocycles. The lowest BCUT2D eigenvalue weighted by atomic mass is 10.0. The van der Waals surface area contributed by atoms with Gasteiger partial charge in [0, 0.05) is 18.4 Å². The Bertz CT molecular complexity index is 281. The lowest BCUT2D eigenvalue weighted by Crippen LogP contribution is -2.28. The van der Waals surface area contributed by atoms with E-state index in [-0.39, 0.29) is 6.04 Å². The van der Waals surface area contributed by atoms with Crippen LogP contribution < -0.4 is 5.73 Å². The molecule has 0 amide bonds. The molecular formula is C10H19N3O. The van der Waals surface area contributed by atoms with Crippen LogP contribution in [0, 0.1) is 5.92 Å². The smallest absolute Gasteiger partial charge is 0.228 e. The van der Waals surface area contributed by atoms with Crippen LogP contribution in [-0.2, 0) is 6.42 Å². The number of rotatable bonds is 4. The quantitative estimate of drug-likeness (QED) is 0.798. The van der Waals surface area contributed by atoms with Crippen LogP contribution in [0.3, 0.4) is 0 Å². The maximum Gasteiger partial charge on any atom is 0.228 e. The van der Waals surface area contributed by atoms with Crippen LogP contribution in [0.25, 0.3) is 0 Å². The fourth-order valence-electron chi connectivity index (χ4n) is 1.02. The molecule has 0 saturated heterocycles. The van der Waals surface area contributed by atoms with E-state index in [0.717, 1.165) is 5.82 Å². The molecule has 0 aromatic carbocycles. The van der Waals surface area contributed by atoms with Crippen LogP contribution in [-0.4, -0.2) is 16.2 Å². The fraction of sp³-hybridized carbons (Fsp3) is 0.800. The van der Waals surface area contributed by atoms with Gasteiger partial charge in [0.25, 0.3) is 0 Å². The molecule has 0 bridgehead atoms. The van der Waals surface area contributed by atoms with Crippen molar-refractivity contribution in [2.75, 3.05) is 0 Å². The van der Waals surface area contributed by atoms with Crippen LogP contribution in [0.1, 0.15) is 45.3 Å². The van der Waals surface area contributed by atoms with Gasteiger partial charge >= 0.3 is 0 Å². The summed E-state index contributed by atoms with van der Waals surface area (Å²) in [5.41, 5.74) is 5.91. The molecule has 1 rings (SSSR count). The molecule has 2 N–H and O–H groups in total. The summed E-state index contributed by atoms with van der Waals surface area (Å²) in [6.45, 7) is 8.25. The van der Waals surface area contributed by atoms with E-state index in [2.05, 4.69) is 24.0 Å². The molecule has 0 aliphatic carbocycles. The first-order chi connectivity index (χ1) is 6.50. The lowest BCUT2D eigenvalue weighted by molar-refractivity contribution is 0.348. The van der Waals surface area contributed by atoms with Gasteiger partial charge in [-0.1, -0.05) is 32.9 Å². The molecule has 1 heterocycles. The Balaban J connectivity index is 2.60. The van der Waals surface area contributed by atoms with Gasteiger partial charge in [-0.15, -0.1) is 0 Å². The molecule has 0 aliphatic rings. The maximum atomic E-state index is 5.91. The Morgan fingerprint density at radius 2 is 1.93 bits per heavy atom. The molecule has 0 aliphatic heterocycles. The Hall–Kier alpha value is -0.900. The first kappa shape index (κ1) is 11.2. The summed E-state index contributed by atoms with van der Waals surface area (Å²) >= 11 is 0. The third-order valence-electron chi connectivity index (χ3n) is 2.27. The molecular weight excluding hydrogens is 178 g/mol. The van der Waals surface area contributed by atoms with E-state index in [0.29, 0.717) is 24.1 Å². The highest BCUT2D eigenvalue weighted by Crippen LogP contribution is 2.12. The molecule has 0 spiro atoms. The van der Waals surface area contributed by atoms with Crippen molar-refractivity contribution in [3.8, 4) is 0 Å². The Morgan fingerprint density at radius 3 is 2.36 bits per heavy atom. The van der Waals surface area contributed by atoms with Gasteiger partial charge in [-0.2, -0.15) is 4.98 Å². The second-order valence-corrected chi connectivity index (χ2v) is 4.31. The molecule has 80 valence electrons. The summed E-state index contributed by atoms with van der Waals surface area (Å²) in [7, 11) is 0.